The molecule has 134 valence electrons. The normalized spacial score (nSPS) is 10.9. The molecule has 3 aromatic carbocycles. The summed E-state index contributed by atoms with van der Waals surface area (Å²) in [5, 5.41) is 2.80. The van der Waals surface area contributed by atoms with Gasteiger partial charge in [0.1, 0.15) is 5.82 Å². The van der Waals surface area contributed by atoms with E-state index in [-0.39, 0.29) is 12.3 Å². The summed E-state index contributed by atoms with van der Waals surface area (Å²) >= 11 is 6.00. The van der Waals surface area contributed by atoms with Crippen molar-refractivity contribution in [3.8, 4) is 22.6 Å². The van der Waals surface area contributed by atoms with E-state index in [1.165, 1.54) is 0 Å². The zero-order valence-electron chi connectivity index (χ0n) is 14.7. The van der Waals surface area contributed by atoms with Crippen molar-refractivity contribution in [3.63, 3.8) is 0 Å². The van der Waals surface area contributed by atoms with Crippen molar-refractivity contribution >= 4 is 28.3 Å². The molecule has 1 heterocycles. The molecule has 0 aliphatic carbocycles. The highest BCUT2D eigenvalue weighted by molar-refractivity contribution is 6.30. The number of H-pyrrole nitrogens is 1. The highest BCUT2D eigenvalue weighted by Gasteiger charge is 2.21. The van der Waals surface area contributed by atoms with Gasteiger partial charge < -0.3 is 9.72 Å². The topological polar surface area (TPSA) is 55.0 Å². The van der Waals surface area contributed by atoms with Gasteiger partial charge in [0.25, 0.3) is 0 Å². The summed E-state index contributed by atoms with van der Waals surface area (Å²) in [6.45, 7) is 2.06. The highest BCUT2D eigenvalue weighted by Crippen LogP contribution is 2.31. The summed E-state index contributed by atoms with van der Waals surface area (Å²) in [5.41, 5.74) is 2.63. The summed E-state index contributed by atoms with van der Waals surface area (Å²) in [4.78, 5) is 20.4. The van der Waals surface area contributed by atoms with Crippen LogP contribution in [-0.4, -0.2) is 22.5 Å². The maximum atomic E-state index is 12.5. The summed E-state index contributed by atoms with van der Waals surface area (Å²) in [7, 11) is 0. The molecule has 0 unspecified atom stereocenters. The van der Waals surface area contributed by atoms with Gasteiger partial charge in [-0.3, -0.25) is 0 Å². The molecule has 4 rings (SSSR count). The summed E-state index contributed by atoms with van der Waals surface area (Å²) in [5.74, 6) is 0.171. The smallest absolute Gasteiger partial charge is 0.359 e. The Hall–Kier alpha value is -3.11. The van der Waals surface area contributed by atoms with Gasteiger partial charge in [0.15, 0.2) is 5.69 Å². The Balaban J connectivity index is 1.90. The predicted octanol–water partition coefficient (Wildman–Crippen LogP) is 5.73. The van der Waals surface area contributed by atoms with Crippen LogP contribution in [0.25, 0.3) is 33.4 Å². The fourth-order valence-electron chi connectivity index (χ4n) is 3.11. The third kappa shape index (κ3) is 3.32. The van der Waals surface area contributed by atoms with Crippen molar-refractivity contribution in [2.45, 2.75) is 6.92 Å². The lowest BCUT2D eigenvalue weighted by molar-refractivity contribution is 0.0521. The third-order valence-electron chi connectivity index (χ3n) is 4.35. The third-order valence-corrected chi connectivity index (χ3v) is 4.60. The van der Waals surface area contributed by atoms with Gasteiger partial charge in [0.05, 0.1) is 12.3 Å². The van der Waals surface area contributed by atoms with Crippen LogP contribution in [0.1, 0.15) is 17.4 Å². The molecule has 27 heavy (non-hydrogen) atoms. The second-order valence-electron chi connectivity index (χ2n) is 6.06. The number of nitrogens with one attached hydrogen (secondary N) is 1. The number of aromatic nitrogens is 2. The minimum Gasteiger partial charge on any atom is -0.461 e. The molecule has 0 fully saturated rings. The zero-order chi connectivity index (χ0) is 18.8. The first-order valence-electron chi connectivity index (χ1n) is 8.68. The summed E-state index contributed by atoms with van der Waals surface area (Å²) < 4.78 is 5.20. The van der Waals surface area contributed by atoms with Crippen molar-refractivity contribution in [1.29, 1.82) is 0 Å². The molecule has 4 nitrogen and oxygen atoms in total. The van der Waals surface area contributed by atoms with Crippen molar-refractivity contribution in [2.75, 3.05) is 6.61 Å². The number of halogens is 1. The van der Waals surface area contributed by atoms with E-state index in [1.807, 2.05) is 54.6 Å². The maximum Gasteiger partial charge on any atom is 0.359 e. The van der Waals surface area contributed by atoms with Gasteiger partial charge in [0.2, 0.25) is 0 Å². The Morgan fingerprint density at radius 3 is 2.56 bits per heavy atom. The molecule has 0 saturated heterocycles. The quantitative estimate of drug-likeness (QED) is 0.463. The molecule has 1 N–H and O–H groups in total. The number of aromatic amines is 1. The first-order chi connectivity index (χ1) is 13.2. The maximum absolute atomic E-state index is 12.5. The standard InChI is InChI=1S/C22H17ClN2O2/c1-2-27-22(26)20-19(15-10-12-16(23)13-11-15)24-21(25-20)18-9-5-7-14-6-3-4-8-17(14)18/h3-13H,2H2,1H3,(H,24,25). The van der Waals surface area contributed by atoms with Gasteiger partial charge in [-0.15, -0.1) is 0 Å². The van der Waals surface area contributed by atoms with Gasteiger partial charge in [-0.05, 0) is 29.8 Å². The Labute approximate surface area is 161 Å². The van der Waals surface area contributed by atoms with Crippen LogP contribution in [0.4, 0.5) is 0 Å². The molecule has 5 heteroatoms. The lowest BCUT2D eigenvalue weighted by Crippen LogP contribution is -2.06. The number of ether oxygens (including phenoxy) is 1. The van der Waals surface area contributed by atoms with Crippen molar-refractivity contribution in [1.82, 2.24) is 9.97 Å². The van der Waals surface area contributed by atoms with E-state index in [0.717, 1.165) is 21.9 Å². The molecule has 0 aliphatic heterocycles. The van der Waals surface area contributed by atoms with Crippen LogP contribution in [0.2, 0.25) is 5.02 Å². The van der Waals surface area contributed by atoms with E-state index in [1.54, 1.807) is 19.1 Å². The number of nitrogens with zero attached hydrogens (tertiary/aromatic N) is 1. The Kier molecular flexibility index (Phi) is 4.65. The number of carbonyl (C=O) groups is 1. The fourth-order valence-corrected chi connectivity index (χ4v) is 3.23. The number of esters is 1. The first-order valence-corrected chi connectivity index (χ1v) is 9.06. The molecule has 0 spiro atoms. The molecular weight excluding hydrogens is 360 g/mol. The minimum atomic E-state index is -0.454. The van der Waals surface area contributed by atoms with Crippen LogP contribution in [0.3, 0.4) is 0 Å². The average molecular weight is 377 g/mol. The van der Waals surface area contributed by atoms with E-state index in [0.29, 0.717) is 16.5 Å². The molecule has 0 saturated carbocycles. The van der Waals surface area contributed by atoms with Crippen LogP contribution < -0.4 is 0 Å². The van der Waals surface area contributed by atoms with E-state index < -0.39 is 5.97 Å². The SMILES string of the molecule is CCOC(=O)c1nc(-c2cccc3ccccc23)[nH]c1-c1ccc(Cl)cc1. The summed E-state index contributed by atoms with van der Waals surface area (Å²) in [6.07, 6.45) is 0. The number of hydrogen-bond donors (Lipinski definition) is 1. The van der Waals surface area contributed by atoms with Crippen LogP contribution in [0.15, 0.2) is 66.7 Å². The van der Waals surface area contributed by atoms with Crippen LogP contribution in [-0.2, 0) is 4.74 Å². The molecule has 0 bridgehead atoms. The predicted molar refractivity (Wildman–Crippen MR) is 108 cm³/mol. The van der Waals surface area contributed by atoms with Crippen molar-refractivity contribution in [2.24, 2.45) is 0 Å². The second-order valence-corrected chi connectivity index (χ2v) is 6.50. The second kappa shape index (κ2) is 7.25. The van der Waals surface area contributed by atoms with Gasteiger partial charge in [-0.25, -0.2) is 9.78 Å². The number of hydrogen-bond acceptors (Lipinski definition) is 3. The Morgan fingerprint density at radius 2 is 1.78 bits per heavy atom. The number of fused-ring (bicyclic) bond motifs is 1. The number of imidazole rings is 1. The Morgan fingerprint density at radius 1 is 1.04 bits per heavy atom. The first kappa shape index (κ1) is 17.3. The monoisotopic (exact) mass is 376 g/mol. The average Bonchev–Trinajstić information content (AvgIpc) is 3.13. The van der Waals surface area contributed by atoms with Gasteiger partial charge in [0, 0.05) is 16.1 Å². The van der Waals surface area contributed by atoms with E-state index in [2.05, 4.69) is 9.97 Å². The minimum absolute atomic E-state index is 0.266. The summed E-state index contributed by atoms with van der Waals surface area (Å²) in [6, 6.07) is 21.4. The highest BCUT2D eigenvalue weighted by atomic mass is 35.5. The van der Waals surface area contributed by atoms with E-state index >= 15 is 0 Å². The van der Waals surface area contributed by atoms with Crippen LogP contribution >= 0.6 is 11.6 Å². The molecule has 0 amide bonds. The molecule has 4 aromatic rings. The van der Waals surface area contributed by atoms with E-state index in [9.17, 15) is 4.79 Å². The number of benzene rings is 3. The molecule has 0 radical (unpaired) electrons. The van der Waals surface area contributed by atoms with Crippen LogP contribution in [0.5, 0.6) is 0 Å². The van der Waals surface area contributed by atoms with Crippen LogP contribution in [0, 0.1) is 0 Å². The van der Waals surface area contributed by atoms with Gasteiger partial charge in [-0.2, -0.15) is 0 Å². The van der Waals surface area contributed by atoms with Crippen molar-refractivity contribution in [3.05, 3.63) is 77.4 Å². The zero-order valence-corrected chi connectivity index (χ0v) is 15.5. The molecule has 1 aromatic heterocycles. The lowest BCUT2D eigenvalue weighted by Gasteiger charge is -2.03. The Bertz CT molecular complexity index is 1110. The largest absolute Gasteiger partial charge is 0.461 e. The van der Waals surface area contributed by atoms with E-state index in [4.69, 9.17) is 16.3 Å². The molecule has 0 atom stereocenters. The van der Waals surface area contributed by atoms with Crippen molar-refractivity contribution < 1.29 is 9.53 Å². The van der Waals surface area contributed by atoms with Gasteiger partial charge >= 0.3 is 5.97 Å². The van der Waals surface area contributed by atoms with Gasteiger partial charge in [-0.1, -0.05) is 66.2 Å². The number of rotatable bonds is 4. The lowest BCUT2D eigenvalue weighted by atomic mass is 10.0. The molecular formula is C22H17ClN2O2. The molecule has 0 aliphatic rings. The number of carbonyl (C=O) groups excluding carboxylic acids is 1. The fraction of sp³-hybridized carbons (Fsp3) is 0.0909.